The molecule has 1 unspecified atom stereocenters. The Morgan fingerprint density at radius 2 is 1.89 bits per heavy atom. The maximum absolute atomic E-state index is 12.0. The highest BCUT2D eigenvalue weighted by Gasteiger charge is 2.31. The molecular weight excluding hydrogens is 264 g/mol. The van der Waals surface area contributed by atoms with Crippen LogP contribution in [0.5, 0.6) is 0 Å². The molecule has 0 radical (unpaired) electrons. The van der Waals surface area contributed by atoms with Gasteiger partial charge in [0.15, 0.2) is 5.96 Å². The number of nitrogens with zero attached hydrogens (tertiary/aromatic N) is 2. The van der Waals surface area contributed by atoms with Gasteiger partial charge in [-0.2, -0.15) is 0 Å². The van der Waals surface area contributed by atoms with Crippen LogP contribution in [0.4, 0.5) is 0 Å². The van der Waals surface area contributed by atoms with Gasteiger partial charge in [-0.1, -0.05) is 12.1 Å². The standard InChI is InChI=1S/C12H18N4O2S/c1-12(8-14-11(13)15-12)9-4-6-10(7-5-9)19(17,18)16(2)3/h4-7H,8H2,1-3H3,(H3,13,14,15). The highest BCUT2D eigenvalue weighted by atomic mass is 32.2. The molecule has 19 heavy (non-hydrogen) atoms. The normalized spacial score (nSPS) is 23.3. The van der Waals surface area contributed by atoms with E-state index in [4.69, 9.17) is 5.73 Å². The summed E-state index contributed by atoms with van der Waals surface area (Å²) in [5, 5.41) is 3.10. The number of hydrogen-bond acceptors (Lipinski definition) is 5. The van der Waals surface area contributed by atoms with Gasteiger partial charge in [-0.15, -0.1) is 0 Å². The zero-order valence-corrected chi connectivity index (χ0v) is 12.0. The van der Waals surface area contributed by atoms with Crippen molar-refractivity contribution in [3.63, 3.8) is 0 Å². The van der Waals surface area contributed by atoms with Crippen molar-refractivity contribution < 1.29 is 8.42 Å². The van der Waals surface area contributed by atoms with E-state index >= 15 is 0 Å². The average molecular weight is 282 g/mol. The van der Waals surface area contributed by atoms with Crippen molar-refractivity contribution in [1.82, 2.24) is 9.62 Å². The van der Waals surface area contributed by atoms with E-state index in [9.17, 15) is 8.42 Å². The number of nitrogens with one attached hydrogen (secondary N) is 1. The van der Waals surface area contributed by atoms with Crippen LogP contribution in [-0.2, 0) is 15.6 Å². The molecule has 1 atom stereocenters. The minimum Gasteiger partial charge on any atom is -0.370 e. The third-order valence-electron chi connectivity index (χ3n) is 3.24. The summed E-state index contributed by atoms with van der Waals surface area (Å²) in [5.74, 6) is 0.410. The molecule has 0 amide bonds. The van der Waals surface area contributed by atoms with E-state index in [0.29, 0.717) is 12.5 Å². The molecule has 1 heterocycles. The summed E-state index contributed by atoms with van der Waals surface area (Å²) >= 11 is 0. The van der Waals surface area contributed by atoms with Crippen molar-refractivity contribution in [2.75, 3.05) is 20.6 Å². The van der Waals surface area contributed by atoms with Crippen LogP contribution in [0.1, 0.15) is 12.5 Å². The van der Waals surface area contributed by atoms with Crippen molar-refractivity contribution in [1.29, 1.82) is 0 Å². The molecule has 0 fully saturated rings. The minimum absolute atomic E-state index is 0.275. The summed E-state index contributed by atoms with van der Waals surface area (Å²) in [4.78, 5) is 4.40. The number of guanidine groups is 1. The van der Waals surface area contributed by atoms with Crippen LogP contribution < -0.4 is 11.1 Å². The average Bonchev–Trinajstić information content (AvgIpc) is 2.70. The molecule has 7 heteroatoms. The van der Waals surface area contributed by atoms with Gasteiger partial charge in [0.2, 0.25) is 10.0 Å². The lowest BCUT2D eigenvalue weighted by Crippen LogP contribution is -2.42. The van der Waals surface area contributed by atoms with E-state index < -0.39 is 10.0 Å². The number of hydrogen-bond donors (Lipinski definition) is 2. The lowest BCUT2D eigenvalue weighted by Gasteiger charge is -2.25. The van der Waals surface area contributed by atoms with Crippen molar-refractivity contribution in [3.8, 4) is 0 Å². The Bertz CT molecular complexity index is 607. The Morgan fingerprint density at radius 1 is 1.32 bits per heavy atom. The molecule has 3 N–H and O–H groups in total. The Kier molecular flexibility index (Phi) is 3.27. The zero-order valence-electron chi connectivity index (χ0n) is 11.2. The molecule has 1 aromatic carbocycles. The summed E-state index contributed by atoms with van der Waals surface area (Å²) in [5.41, 5.74) is 6.21. The van der Waals surface area contributed by atoms with E-state index in [1.54, 1.807) is 24.3 Å². The Hall–Kier alpha value is -1.60. The van der Waals surface area contributed by atoms with Crippen molar-refractivity contribution in [2.24, 2.45) is 10.7 Å². The van der Waals surface area contributed by atoms with Crippen LogP contribution >= 0.6 is 0 Å². The Labute approximate surface area is 113 Å². The third kappa shape index (κ3) is 2.43. The van der Waals surface area contributed by atoms with E-state index in [0.717, 1.165) is 5.56 Å². The first-order chi connectivity index (χ1) is 8.75. The number of rotatable bonds is 3. The smallest absolute Gasteiger partial charge is 0.242 e. The molecule has 0 saturated heterocycles. The SMILES string of the molecule is CN(C)S(=O)(=O)c1ccc(C2(C)CN=C(N)N2)cc1. The maximum atomic E-state index is 12.0. The van der Waals surface area contributed by atoms with Crippen molar-refractivity contribution >= 4 is 16.0 Å². The van der Waals surface area contributed by atoms with E-state index in [-0.39, 0.29) is 10.4 Å². The van der Waals surface area contributed by atoms with Gasteiger partial charge in [0, 0.05) is 14.1 Å². The van der Waals surface area contributed by atoms with Gasteiger partial charge in [0.05, 0.1) is 17.0 Å². The second-order valence-corrected chi connectivity index (χ2v) is 7.12. The lowest BCUT2D eigenvalue weighted by molar-refractivity contribution is 0.479. The van der Waals surface area contributed by atoms with Crippen molar-refractivity contribution in [2.45, 2.75) is 17.4 Å². The summed E-state index contributed by atoms with van der Waals surface area (Å²) in [6.45, 7) is 2.52. The summed E-state index contributed by atoms with van der Waals surface area (Å²) in [6, 6.07) is 6.78. The fourth-order valence-electron chi connectivity index (χ4n) is 1.97. The van der Waals surface area contributed by atoms with E-state index in [1.807, 2.05) is 6.92 Å². The molecule has 1 aromatic rings. The molecule has 0 aromatic heterocycles. The van der Waals surface area contributed by atoms with Gasteiger partial charge < -0.3 is 11.1 Å². The molecular formula is C12H18N4O2S. The van der Waals surface area contributed by atoms with Crippen LogP contribution in [0.25, 0.3) is 0 Å². The van der Waals surface area contributed by atoms with Crippen LogP contribution in [0.15, 0.2) is 34.2 Å². The molecule has 104 valence electrons. The molecule has 0 saturated carbocycles. The second-order valence-electron chi connectivity index (χ2n) is 4.97. The molecule has 1 aliphatic rings. The Balaban J connectivity index is 2.30. The molecule has 2 rings (SSSR count). The first-order valence-electron chi connectivity index (χ1n) is 5.87. The zero-order chi connectivity index (χ0) is 14.3. The van der Waals surface area contributed by atoms with E-state index in [2.05, 4.69) is 10.3 Å². The highest BCUT2D eigenvalue weighted by Crippen LogP contribution is 2.25. The van der Waals surface area contributed by atoms with Gasteiger partial charge in [-0.25, -0.2) is 12.7 Å². The molecule has 0 spiro atoms. The molecule has 1 aliphatic heterocycles. The second kappa shape index (κ2) is 4.50. The predicted molar refractivity (Wildman–Crippen MR) is 74.3 cm³/mol. The summed E-state index contributed by atoms with van der Waals surface area (Å²) in [6.07, 6.45) is 0. The van der Waals surface area contributed by atoms with Crippen LogP contribution in [0, 0.1) is 0 Å². The summed E-state index contributed by atoms with van der Waals surface area (Å²) < 4.78 is 25.1. The predicted octanol–water partition coefficient (Wildman–Crippen LogP) is 0.0700. The van der Waals surface area contributed by atoms with Gasteiger partial charge in [-0.05, 0) is 24.6 Å². The summed E-state index contributed by atoms with van der Waals surface area (Å²) in [7, 11) is -0.365. The van der Waals surface area contributed by atoms with Gasteiger partial charge in [0.1, 0.15) is 0 Å². The molecule has 6 nitrogen and oxygen atoms in total. The van der Waals surface area contributed by atoms with E-state index in [1.165, 1.54) is 18.4 Å². The number of benzene rings is 1. The largest absolute Gasteiger partial charge is 0.370 e. The Morgan fingerprint density at radius 3 is 2.32 bits per heavy atom. The maximum Gasteiger partial charge on any atom is 0.242 e. The third-order valence-corrected chi connectivity index (χ3v) is 5.07. The van der Waals surface area contributed by atoms with Crippen LogP contribution in [-0.4, -0.2) is 39.3 Å². The number of nitrogens with two attached hydrogens (primary N) is 1. The quantitative estimate of drug-likeness (QED) is 0.821. The first kappa shape index (κ1) is 13.8. The minimum atomic E-state index is -3.39. The molecule has 0 bridgehead atoms. The molecule has 0 aliphatic carbocycles. The highest BCUT2D eigenvalue weighted by molar-refractivity contribution is 7.89. The lowest BCUT2D eigenvalue weighted by atomic mass is 9.93. The first-order valence-corrected chi connectivity index (χ1v) is 7.31. The van der Waals surface area contributed by atoms with Crippen LogP contribution in [0.2, 0.25) is 0 Å². The van der Waals surface area contributed by atoms with Crippen LogP contribution in [0.3, 0.4) is 0 Å². The van der Waals surface area contributed by atoms with Gasteiger partial charge >= 0.3 is 0 Å². The number of aliphatic imine (C=N–C) groups is 1. The fourth-order valence-corrected chi connectivity index (χ4v) is 2.88. The monoisotopic (exact) mass is 282 g/mol. The van der Waals surface area contributed by atoms with Gasteiger partial charge in [0.25, 0.3) is 0 Å². The fraction of sp³-hybridized carbons (Fsp3) is 0.417. The van der Waals surface area contributed by atoms with Gasteiger partial charge in [-0.3, -0.25) is 4.99 Å². The van der Waals surface area contributed by atoms with Crippen molar-refractivity contribution in [3.05, 3.63) is 29.8 Å². The topological polar surface area (TPSA) is 87.8 Å². The number of sulfonamides is 1.